The van der Waals surface area contributed by atoms with Crippen molar-refractivity contribution in [2.24, 2.45) is 0 Å². The highest BCUT2D eigenvalue weighted by atomic mass is 16.6. The SMILES string of the molecule is Cc1ccccc1C(COC(=O)NCCCC[C@@H](CC(=O)O)NC(=O)OCC1c2ccccc2-c2ccccc21)c1ccccc1. The van der Waals surface area contributed by atoms with Crippen molar-refractivity contribution in [3.05, 3.63) is 131 Å². The Kier molecular flexibility index (Phi) is 11.1. The molecular formula is C38H40N2O6. The fourth-order valence-corrected chi connectivity index (χ4v) is 6.19. The number of rotatable bonds is 14. The van der Waals surface area contributed by atoms with Gasteiger partial charge in [-0.3, -0.25) is 4.79 Å². The van der Waals surface area contributed by atoms with Crippen LogP contribution in [0.4, 0.5) is 9.59 Å². The van der Waals surface area contributed by atoms with Crippen LogP contribution in [0.15, 0.2) is 103 Å². The Morgan fingerprint density at radius 1 is 0.761 bits per heavy atom. The number of hydrogen-bond acceptors (Lipinski definition) is 5. The Morgan fingerprint density at radius 2 is 1.39 bits per heavy atom. The van der Waals surface area contributed by atoms with Gasteiger partial charge in [0.05, 0.1) is 6.42 Å². The minimum absolute atomic E-state index is 0.0819. The highest BCUT2D eigenvalue weighted by molar-refractivity contribution is 5.79. The van der Waals surface area contributed by atoms with Crippen molar-refractivity contribution in [1.29, 1.82) is 0 Å². The van der Waals surface area contributed by atoms with E-state index >= 15 is 0 Å². The van der Waals surface area contributed by atoms with E-state index in [0.717, 1.165) is 38.9 Å². The molecule has 0 saturated heterocycles. The molecule has 4 aromatic carbocycles. The lowest BCUT2D eigenvalue weighted by atomic mass is 9.89. The van der Waals surface area contributed by atoms with Crippen molar-refractivity contribution < 1.29 is 29.0 Å². The average Bonchev–Trinajstić information content (AvgIpc) is 3.38. The third-order valence-electron chi connectivity index (χ3n) is 8.48. The van der Waals surface area contributed by atoms with Gasteiger partial charge in [-0.2, -0.15) is 0 Å². The first-order chi connectivity index (χ1) is 22.4. The van der Waals surface area contributed by atoms with Gasteiger partial charge in [-0.05, 0) is 65.1 Å². The van der Waals surface area contributed by atoms with Crippen LogP contribution in [0.5, 0.6) is 0 Å². The van der Waals surface area contributed by atoms with Crippen molar-refractivity contribution >= 4 is 18.2 Å². The van der Waals surface area contributed by atoms with Gasteiger partial charge in [0.2, 0.25) is 0 Å². The van der Waals surface area contributed by atoms with Crippen LogP contribution in [0.1, 0.15) is 65.3 Å². The first kappa shape index (κ1) is 32.3. The highest BCUT2D eigenvalue weighted by Crippen LogP contribution is 2.44. The Bertz CT molecular complexity index is 1590. The second-order valence-electron chi connectivity index (χ2n) is 11.6. The molecule has 1 aliphatic rings. The number of ether oxygens (including phenoxy) is 2. The van der Waals surface area contributed by atoms with Gasteiger partial charge in [0.25, 0.3) is 0 Å². The summed E-state index contributed by atoms with van der Waals surface area (Å²) in [6.07, 6.45) is 0.246. The summed E-state index contributed by atoms with van der Waals surface area (Å²) in [4.78, 5) is 36.8. The average molecular weight is 621 g/mol. The zero-order valence-corrected chi connectivity index (χ0v) is 26.0. The zero-order valence-electron chi connectivity index (χ0n) is 26.0. The van der Waals surface area contributed by atoms with Crippen LogP contribution < -0.4 is 10.6 Å². The number of nitrogens with one attached hydrogen (secondary N) is 2. The molecule has 0 aromatic heterocycles. The van der Waals surface area contributed by atoms with Crippen molar-refractivity contribution in [1.82, 2.24) is 10.6 Å². The maximum atomic E-state index is 12.7. The number of carboxylic acid groups (broad SMARTS) is 1. The van der Waals surface area contributed by atoms with Crippen molar-refractivity contribution in [2.75, 3.05) is 19.8 Å². The number of alkyl carbamates (subject to hydrolysis) is 2. The summed E-state index contributed by atoms with van der Waals surface area (Å²) in [5, 5.41) is 14.9. The molecule has 1 aliphatic carbocycles. The molecule has 0 spiro atoms. The van der Waals surface area contributed by atoms with Crippen molar-refractivity contribution in [3.8, 4) is 11.1 Å². The molecule has 0 aliphatic heterocycles. The number of carbonyl (C=O) groups excluding carboxylic acids is 2. The molecule has 3 N–H and O–H groups in total. The number of aliphatic carboxylic acids is 1. The summed E-state index contributed by atoms with van der Waals surface area (Å²) in [5.41, 5.74) is 7.79. The van der Waals surface area contributed by atoms with Gasteiger partial charge in [-0.1, -0.05) is 103 Å². The quantitative estimate of drug-likeness (QED) is 0.127. The second-order valence-corrected chi connectivity index (χ2v) is 11.6. The molecule has 0 saturated carbocycles. The van der Waals surface area contributed by atoms with E-state index in [1.807, 2.05) is 91.9 Å². The first-order valence-electron chi connectivity index (χ1n) is 15.7. The lowest BCUT2D eigenvalue weighted by Gasteiger charge is -2.20. The van der Waals surface area contributed by atoms with E-state index < -0.39 is 24.2 Å². The van der Waals surface area contributed by atoms with Crippen LogP contribution in [-0.2, 0) is 14.3 Å². The van der Waals surface area contributed by atoms with Gasteiger partial charge < -0.3 is 25.2 Å². The largest absolute Gasteiger partial charge is 0.481 e. The Balaban J connectivity index is 1.06. The molecule has 2 amide bonds. The van der Waals surface area contributed by atoms with E-state index in [-0.39, 0.29) is 31.5 Å². The van der Waals surface area contributed by atoms with Gasteiger partial charge >= 0.3 is 18.2 Å². The molecule has 0 radical (unpaired) electrons. The molecule has 238 valence electrons. The van der Waals surface area contributed by atoms with E-state index in [1.54, 1.807) is 0 Å². The molecular weight excluding hydrogens is 580 g/mol. The predicted molar refractivity (Wildman–Crippen MR) is 177 cm³/mol. The molecule has 2 atom stereocenters. The minimum atomic E-state index is -1.01. The number of carbonyl (C=O) groups is 3. The van der Waals surface area contributed by atoms with Crippen LogP contribution in [0.2, 0.25) is 0 Å². The standard InChI is InChI=1S/C38H40N2O6/c1-26-13-5-6-17-29(26)34(27-14-3-2-4-15-27)24-45-37(43)39-22-12-11-16-28(23-36(41)42)40-38(44)46-25-35-32-20-9-7-18-30(32)31-19-8-10-21-33(31)35/h2-10,13-15,17-21,28,34-35H,11-12,16,22-25H2,1H3,(H,39,43)(H,40,44)(H,41,42)/t28-,34?/m0/s1. The Labute approximate surface area is 269 Å². The van der Waals surface area contributed by atoms with E-state index in [4.69, 9.17) is 9.47 Å². The summed E-state index contributed by atoms with van der Waals surface area (Å²) in [6, 6.07) is 33.6. The molecule has 0 heterocycles. The number of aryl methyl sites for hydroxylation is 1. The summed E-state index contributed by atoms with van der Waals surface area (Å²) in [7, 11) is 0. The van der Waals surface area contributed by atoms with Gasteiger partial charge in [-0.15, -0.1) is 0 Å². The topological polar surface area (TPSA) is 114 Å². The number of benzene rings is 4. The molecule has 1 unspecified atom stereocenters. The maximum Gasteiger partial charge on any atom is 0.407 e. The number of unbranched alkanes of at least 4 members (excludes halogenated alkanes) is 1. The zero-order chi connectivity index (χ0) is 32.3. The molecule has 8 heteroatoms. The van der Waals surface area contributed by atoms with E-state index in [1.165, 1.54) is 0 Å². The third kappa shape index (κ3) is 8.33. The lowest BCUT2D eigenvalue weighted by molar-refractivity contribution is -0.137. The van der Waals surface area contributed by atoms with Crippen LogP contribution in [0, 0.1) is 6.92 Å². The second kappa shape index (κ2) is 15.8. The smallest absolute Gasteiger partial charge is 0.407 e. The van der Waals surface area contributed by atoms with Crippen molar-refractivity contribution in [3.63, 3.8) is 0 Å². The molecule has 0 fully saturated rings. The first-order valence-corrected chi connectivity index (χ1v) is 15.7. The fourth-order valence-electron chi connectivity index (χ4n) is 6.19. The van der Waals surface area contributed by atoms with Gasteiger partial charge in [0.15, 0.2) is 0 Å². The van der Waals surface area contributed by atoms with E-state index in [9.17, 15) is 19.5 Å². The third-order valence-corrected chi connectivity index (χ3v) is 8.48. The predicted octanol–water partition coefficient (Wildman–Crippen LogP) is 7.41. The monoisotopic (exact) mass is 620 g/mol. The summed E-state index contributed by atoms with van der Waals surface area (Å²) in [5.74, 6) is -1.18. The summed E-state index contributed by atoms with van der Waals surface area (Å²) < 4.78 is 11.2. The molecule has 4 aromatic rings. The Hall–Kier alpha value is -5.11. The lowest BCUT2D eigenvalue weighted by Crippen LogP contribution is -2.37. The van der Waals surface area contributed by atoms with E-state index in [2.05, 4.69) is 28.8 Å². The van der Waals surface area contributed by atoms with Crippen molar-refractivity contribution in [2.45, 2.75) is 50.5 Å². The van der Waals surface area contributed by atoms with Gasteiger partial charge in [0.1, 0.15) is 13.2 Å². The molecule has 5 rings (SSSR count). The molecule has 46 heavy (non-hydrogen) atoms. The van der Waals surface area contributed by atoms with Crippen LogP contribution >= 0.6 is 0 Å². The Morgan fingerprint density at radius 3 is 2.07 bits per heavy atom. The number of amides is 2. The minimum Gasteiger partial charge on any atom is -0.481 e. The number of hydrogen-bond donors (Lipinski definition) is 3. The molecule has 0 bridgehead atoms. The summed E-state index contributed by atoms with van der Waals surface area (Å²) >= 11 is 0. The fraction of sp³-hybridized carbons (Fsp3) is 0.289. The van der Waals surface area contributed by atoms with Crippen LogP contribution in [0.3, 0.4) is 0 Å². The van der Waals surface area contributed by atoms with E-state index in [0.29, 0.717) is 25.8 Å². The van der Waals surface area contributed by atoms with Crippen LogP contribution in [-0.4, -0.2) is 49.1 Å². The highest BCUT2D eigenvalue weighted by Gasteiger charge is 2.29. The number of fused-ring (bicyclic) bond motifs is 3. The maximum absolute atomic E-state index is 12.7. The molecule has 8 nitrogen and oxygen atoms in total. The number of carboxylic acids is 1. The van der Waals surface area contributed by atoms with Crippen LogP contribution in [0.25, 0.3) is 11.1 Å². The normalized spacial score (nSPS) is 13.2. The summed E-state index contributed by atoms with van der Waals surface area (Å²) in [6.45, 7) is 2.77. The van der Waals surface area contributed by atoms with Gasteiger partial charge in [0, 0.05) is 24.4 Å². The van der Waals surface area contributed by atoms with Gasteiger partial charge in [-0.25, -0.2) is 9.59 Å².